The normalized spacial score (nSPS) is 12.0. The summed E-state index contributed by atoms with van der Waals surface area (Å²) in [6, 6.07) is 23.0. The Bertz CT molecular complexity index is 1230. The number of aromatic nitrogens is 3. The SMILES string of the molecule is Brc1cc2c(cc1/C=N\Nc1nc(Nc3ccccc3)nc(Nc3ccccc3)n1)OCO2. The molecule has 9 nitrogen and oxygen atoms in total. The van der Waals surface area contributed by atoms with Crippen LogP contribution in [0.1, 0.15) is 5.56 Å². The third kappa shape index (κ3) is 5.18. The molecule has 0 bridgehead atoms. The molecule has 10 heteroatoms. The van der Waals surface area contributed by atoms with Gasteiger partial charge in [0, 0.05) is 21.4 Å². The number of nitrogens with zero attached hydrogens (tertiary/aromatic N) is 4. The second-order valence-electron chi connectivity index (χ2n) is 6.89. The van der Waals surface area contributed by atoms with Gasteiger partial charge in [-0.05, 0) is 52.3 Å². The third-order valence-electron chi connectivity index (χ3n) is 4.56. The van der Waals surface area contributed by atoms with Crippen LogP contribution in [0.15, 0.2) is 82.4 Å². The third-order valence-corrected chi connectivity index (χ3v) is 5.24. The molecule has 0 saturated carbocycles. The van der Waals surface area contributed by atoms with Crippen LogP contribution in [0.4, 0.5) is 29.2 Å². The van der Waals surface area contributed by atoms with Crippen LogP contribution in [0.5, 0.6) is 11.5 Å². The molecule has 0 amide bonds. The van der Waals surface area contributed by atoms with Crippen molar-refractivity contribution in [1.82, 2.24) is 15.0 Å². The Morgan fingerprint density at radius 3 is 1.91 bits per heavy atom. The van der Waals surface area contributed by atoms with Gasteiger partial charge in [-0.15, -0.1) is 0 Å². The molecule has 0 fully saturated rings. The van der Waals surface area contributed by atoms with Gasteiger partial charge in [-0.2, -0.15) is 20.1 Å². The fourth-order valence-corrected chi connectivity index (χ4v) is 3.46. The largest absolute Gasteiger partial charge is 0.454 e. The average Bonchev–Trinajstić information content (AvgIpc) is 3.27. The first-order valence-corrected chi connectivity index (χ1v) is 10.8. The van der Waals surface area contributed by atoms with E-state index >= 15 is 0 Å². The molecule has 0 aliphatic carbocycles. The zero-order valence-corrected chi connectivity index (χ0v) is 18.8. The van der Waals surface area contributed by atoms with Gasteiger partial charge in [-0.25, -0.2) is 5.43 Å². The molecule has 4 aromatic rings. The van der Waals surface area contributed by atoms with E-state index in [0.717, 1.165) is 21.4 Å². The summed E-state index contributed by atoms with van der Waals surface area (Å²) < 4.78 is 11.6. The first-order chi connectivity index (χ1) is 16.2. The highest BCUT2D eigenvalue weighted by atomic mass is 79.9. The van der Waals surface area contributed by atoms with Crippen LogP contribution in [-0.4, -0.2) is 28.0 Å². The van der Waals surface area contributed by atoms with Crippen LogP contribution >= 0.6 is 15.9 Å². The minimum Gasteiger partial charge on any atom is -0.454 e. The minimum atomic E-state index is 0.208. The minimum absolute atomic E-state index is 0.208. The van der Waals surface area contributed by atoms with Crippen molar-refractivity contribution < 1.29 is 9.47 Å². The van der Waals surface area contributed by atoms with Crippen LogP contribution in [0, 0.1) is 0 Å². The standard InChI is InChI=1S/C23H18BrN7O2/c24-18-12-20-19(32-14-33-20)11-15(18)13-25-31-23-29-21(26-16-7-3-1-4-8-16)28-22(30-23)27-17-9-5-2-6-10-17/h1-13H,14H2,(H3,26,27,28,29,30,31)/b25-13-. The van der Waals surface area contributed by atoms with Gasteiger partial charge in [0.25, 0.3) is 0 Å². The molecule has 164 valence electrons. The predicted molar refractivity (Wildman–Crippen MR) is 131 cm³/mol. The Hall–Kier alpha value is -4.18. The smallest absolute Gasteiger partial charge is 0.250 e. The fourth-order valence-electron chi connectivity index (χ4n) is 3.03. The first kappa shape index (κ1) is 20.7. The molecule has 0 unspecified atom stereocenters. The summed E-state index contributed by atoms with van der Waals surface area (Å²) in [6.07, 6.45) is 1.64. The Labute approximate surface area is 198 Å². The number of hydrogen-bond donors (Lipinski definition) is 3. The molecule has 5 rings (SSSR count). The van der Waals surface area contributed by atoms with Gasteiger partial charge in [-0.1, -0.05) is 36.4 Å². The van der Waals surface area contributed by atoms with E-state index in [0.29, 0.717) is 23.4 Å². The zero-order chi connectivity index (χ0) is 22.5. The van der Waals surface area contributed by atoms with Crippen molar-refractivity contribution in [1.29, 1.82) is 0 Å². The highest BCUT2D eigenvalue weighted by Gasteiger charge is 2.15. The first-order valence-electron chi connectivity index (χ1n) is 10.0. The molecule has 2 heterocycles. The number of para-hydroxylation sites is 2. The van der Waals surface area contributed by atoms with Gasteiger partial charge in [0.2, 0.25) is 24.6 Å². The summed E-state index contributed by atoms with van der Waals surface area (Å²) in [7, 11) is 0. The van der Waals surface area contributed by atoms with Gasteiger partial charge in [0.05, 0.1) is 6.21 Å². The zero-order valence-electron chi connectivity index (χ0n) is 17.2. The maximum Gasteiger partial charge on any atom is 0.250 e. The molecule has 0 saturated heterocycles. The number of benzene rings is 3. The van der Waals surface area contributed by atoms with Crippen LogP contribution in [0.3, 0.4) is 0 Å². The number of halogens is 1. The maximum atomic E-state index is 5.43. The van der Waals surface area contributed by atoms with E-state index in [1.807, 2.05) is 72.8 Å². The number of fused-ring (bicyclic) bond motifs is 1. The van der Waals surface area contributed by atoms with Gasteiger partial charge in [0.1, 0.15) is 0 Å². The van der Waals surface area contributed by atoms with E-state index in [4.69, 9.17) is 9.47 Å². The van der Waals surface area contributed by atoms with Crippen LogP contribution in [0.2, 0.25) is 0 Å². The lowest BCUT2D eigenvalue weighted by atomic mass is 10.2. The van der Waals surface area contributed by atoms with Crippen molar-refractivity contribution in [3.8, 4) is 11.5 Å². The van der Waals surface area contributed by atoms with Gasteiger partial charge in [-0.3, -0.25) is 0 Å². The molecule has 0 radical (unpaired) electrons. The Morgan fingerprint density at radius 2 is 1.30 bits per heavy atom. The lowest BCUT2D eigenvalue weighted by molar-refractivity contribution is 0.174. The van der Waals surface area contributed by atoms with E-state index in [1.165, 1.54) is 0 Å². The average molecular weight is 504 g/mol. The van der Waals surface area contributed by atoms with E-state index in [9.17, 15) is 0 Å². The number of rotatable bonds is 7. The van der Waals surface area contributed by atoms with E-state index in [1.54, 1.807) is 6.21 Å². The summed E-state index contributed by atoms with van der Waals surface area (Å²) in [5.41, 5.74) is 5.40. The number of ether oxygens (including phenoxy) is 2. The lowest BCUT2D eigenvalue weighted by Gasteiger charge is -2.10. The van der Waals surface area contributed by atoms with Gasteiger partial charge in [0.15, 0.2) is 11.5 Å². The summed E-state index contributed by atoms with van der Waals surface area (Å²) >= 11 is 3.52. The molecule has 1 aromatic heterocycles. The number of hydrazone groups is 1. The summed E-state index contributed by atoms with van der Waals surface area (Å²) in [4.78, 5) is 13.3. The van der Waals surface area contributed by atoms with Crippen LogP contribution in [-0.2, 0) is 0 Å². The molecule has 3 N–H and O–H groups in total. The van der Waals surface area contributed by atoms with Crippen LogP contribution < -0.4 is 25.5 Å². The van der Waals surface area contributed by atoms with E-state index < -0.39 is 0 Å². The summed E-state index contributed by atoms with van der Waals surface area (Å²) in [6.45, 7) is 0.208. The predicted octanol–water partition coefficient (Wildman–Crippen LogP) is 5.30. The Kier molecular flexibility index (Phi) is 5.98. The molecule has 0 spiro atoms. The van der Waals surface area contributed by atoms with Crippen molar-refractivity contribution in [2.45, 2.75) is 0 Å². The maximum absolute atomic E-state index is 5.43. The molecule has 1 aliphatic rings. The Balaban J connectivity index is 1.39. The second kappa shape index (κ2) is 9.53. The van der Waals surface area contributed by atoms with Gasteiger partial charge >= 0.3 is 0 Å². The van der Waals surface area contributed by atoms with E-state index in [2.05, 4.69) is 52.0 Å². The molecular weight excluding hydrogens is 486 g/mol. The van der Waals surface area contributed by atoms with Crippen molar-refractivity contribution in [3.63, 3.8) is 0 Å². The van der Waals surface area contributed by atoms with Crippen molar-refractivity contribution >= 4 is 51.4 Å². The van der Waals surface area contributed by atoms with Crippen molar-refractivity contribution in [2.75, 3.05) is 22.9 Å². The van der Waals surface area contributed by atoms with Crippen molar-refractivity contribution in [2.24, 2.45) is 5.10 Å². The molecule has 0 atom stereocenters. The molecule has 3 aromatic carbocycles. The highest BCUT2D eigenvalue weighted by Crippen LogP contribution is 2.36. The summed E-state index contributed by atoms with van der Waals surface area (Å²) in [5.74, 6) is 2.38. The monoisotopic (exact) mass is 503 g/mol. The van der Waals surface area contributed by atoms with Crippen LogP contribution in [0.25, 0.3) is 0 Å². The number of nitrogens with one attached hydrogen (secondary N) is 3. The van der Waals surface area contributed by atoms with Crippen molar-refractivity contribution in [3.05, 3.63) is 82.8 Å². The lowest BCUT2D eigenvalue weighted by Crippen LogP contribution is -2.07. The Morgan fingerprint density at radius 1 is 0.758 bits per heavy atom. The van der Waals surface area contributed by atoms with E-state index in [-0.39, 0.29) is 12.7 Å². The highest BCUT2D eigenvalue weighted by molar-refractivity contribution is 9.10. The number of hydrogen-bond acceptors (Lipinski definition) is 9. The van der Waals surface area contributed by atoms with Gasteiger partial charge < -0.3 is 20.1 Å². The molecule has 33 heavy (non-hydrogen) atoms. The summed E-state index contributed by atoms with van der Waals surface area (Å²) in [5, 5.41) is 10.7. The topological polar surface area (TPSA) is 106 Å². The molecule has 1 aliphatic heterocycles. The second-order valence-corrected chi connectivity index (χ2v) is 7.74. The molecular formula is C23H18BrN7O2. The quantitative estimate of drug-likeness (QED) is 0.230. The number of anilines is 5. The fraction of sp³-hybridized carbons (Fsp3) is 0.0435.